The van der Waals surface area contributed by atoms with E-state index in [0.29, 0.717) is 10.8 Å². The summed E-state index contributed by atoms with van der Waals surface area (Å²) in [5.41, 5.74) is 0.920. The minimum Gasteiger partial charge on any atom is -0.380 e. The van der Waals surface area contributed by atoms with Crippen molar-refractivity contribution in [2.75, 3.05) is 46.4 Å². The smallest absolute Gasteiger partial charge is 0.0554 e. The lowest BCUT2D eigenvalue weighted by molar-refractivity contribution is 0.124. The van der Waals surface area contributed by atoms with Crippen LogP contribution in [0, 0.1) is 10.8 Å². The second-order valence-corrected chi connectivity index (χ2v) is 4.83. The van der Waals surface area contributed by atoms with Crippen molar-refractivity contribution in [2.24, 2.45) is 10.8 Å². The third-order valence-corrected chi connectivity index (χ3v) is 3.95. The van der Waals surface area contributed by atoms with Gasteiger partial charge in [0.25, 0.3) is 0 Å². The normalized spacial score (nSPS) is 52.8. The van der Waals surface area contributed by atoms with E-state index >= 15 is 0 Å². The number of rotatable bonds is 0. The van der Waals surface area contributed by atoms with Crippen molar-refractivity contribution in [2.45, 2.75) is 0 Å². The Morgan fingerprint density at radius 3 is 2.33 bits per heavy atom. The average molecular weight is 168 g/mol. The molecule has 0 saturated carbocycles. The predicted octanol–water partition coefficient (Wildman–Crippen LogP) is -0.462. The number of ether oxygens (including phenoxy) is 1. The van der Waals surface area contributed by atoms with E-state index < -0.39 is 0 Å². The topological polar surface area (TPSA) is 24.5 Å². The van der Waals surface area contributed by atoms with Crippen LogP contribution in [0.4, 0.5) is 0 Å². The molecule has 3 aliphatic rings. The minimum absolute atomic E-state index is 0.460. The average Bonchev–Trinajstić information content (AvgIpc) is 2.44. The van der Waals surface area contributed by atoms with Gasteiger partial charge in [0.15, 0.2) is 0 Å². The van der Waals surface area contributed by atoms with Crippen LogP contribution >= 0.6 is 0 Å². The van der Waals surface area contributed by atoms with E-state index in [1.807, 2.05) is 0 Å². The molecule has 3 nitrogen and oxygen atoms in total. The zero-order valence-electron chi connectivity index (χ0n) is 7.60. The summed E-state index contributed by atoms with van der Waals surface area (Å²) in [5, 5.41) is 3.52. The maximum atomic E-state index is 5.64. The first-order valence-electron chi connectivity index (χ1n) is 4.74. The highest BCUT2D eigenvalue weighted by atomic mass is 16.5. The molecule has 0 bridgehead atoms. The van der Waals surface area contributed by atoms with Crippen molar-refractivity contribution in [3.05, 3.63) is 0 Å². The molecule has 3 saturated heterocycles. The number of hydrogen-bond acceptors (Lipinski definition) is 3. The summed E-state index contributed by atoms with van der Waals surface area (Å²) in [7, 11) is 2.23. The van der Waals surface area contributed by atoms with Crippen molar-refractivity contribution in [1.29, 1.82) is 0 Å². The van der Waals surface area contributed by atoms with E-state index in [1.165, 1.54) is 13.1 Å². The first-order chi connectivity index (χ1) is 5.77. The van der Waals surface area contributed by atoms with Gasteiger partial charge in [-0.3, -0.25) is 0 Å². The summed E-state index contributed by atoms with van der Waals surface area (Å²) >= 11 is 0. The Bertz CT molecular complexity index is 187. The number of nitrogens with zero attached hydrogens (tertiary/aromatic N) is 1. The fraction of sp³-hybridized carbons (Fsp3) is 1.00. The van der Waals surface area contributed by atoms with Crippen molar-refractivity contribution in [3.63, 3.8) is 0 Å². The summed E-state index contributed by atoms with van der Waals surface area (Å²) in [6.45, 7) is 6.73. The van der Waals surface area contributed by atoms with Crippen molar-refractivity contribution in [3.8, 4) is 0 Å². The van der Waals surface area contributed by atoms with Crippen LogP contribution in [-0.4, -0.2) is 51.3 Å². The van der Waals surface area contributed by atoms with Gasteiger partial charge in [0.05, 0.1) is 13.2 Å². The van der Waals surface area contributed by atoms with Gasteiger partial charge in [-0.2, -0.15) is 0 Å². The third-order valence-electron chi connectivity index (χ3n) is 3.95. The van der Waals surface area contributed by atoms with E-state index in [-0.39, 0.29) is 0 Å². The van der Waals surface area contributed by atoms with Gasteiger partial charge in [0.1, 0.15) is 0 Å². The lowest BCUT2D eigenvalue weighted by Gasteiger charge is -2.27. The van der Waals surface area contributed by atoms with Crippen LogP contribution in [0.1, 0.15) is 0 Å². The predicted molar refractivity (Wildman–Crippen MR) is 46.1 cm³/mol. The first kappa shape index (κ1) is 7.30. The Morgan fingerprint density at radius 2 is 1.75 bits per heavy atom. The molecule has 0 aromatic carbocycles. The van der Waals surface area contributed by atoms with Crippen LogP contribution in [0.2, 0.25) is 0 Å². The molecule has 3 rings (SSSR count). The van der Waals surface area contributed by atoms with Gasteiger partial charge in [0, 0.05) is 37.0 Å². The lowest BCUT2D eigenvalue weighted by atomic mass is 9.71. The molecule has 1 N–H and O–H groups in total. The number of likely N-dealkylation sites (tertiary alicyclic amines) is 1. The highest BCUT2D eigenvalue weighted by molar-refractivity contribution is 5.14. The van der Waals surface area contributed by atoms with Gasteiger partial charge in [0.2, 0.25) is 0 Å². The molecule has 12 heavy (non-hydrogen) atoms. The largest absolute Gasteiger partial charge is 0.380 e. The molecule has 0 radical (unpaired) electrons. The molecule has 0 aromatic heterocycles. The quantitative estimate of drug-likeness (QED) is 0.529. The molecule has 3 heteroatoms. The Hall–Kier alpha value is -0.120. The molecule has 0 spiro atoms. The van der Waals surface area contributed by atoms with Crippen LogP contribution in [0.5, 0.6) is 0 Å². The minimum atomic E-state index is 0.460. The number of nitrogens with one attached hydrogen (secondary N) is 1. The summed E-state index contributed by atoms with van der Waals surface area (Å²) in [4.78, 5) is 2.46. The fourth-order valence-electron chi connectivity index (χ4n) is 3.39. The summed E-state index contributed by atoms with van der Waals surface area (Å²) in [6.07, 6.45) is 0. The van der Waals surface area contributed by atoms with E-state index in [1.54, 1.807) is 0 Å². The van der Waals surface area contributed by atoms with Gasteiger partial charge >= 0.3 is 0 Å². The molecule has 3 heterocycles. The molecule has 3 fully saturated rings. The molecule has 68 valence electrons. The summed E-state index contributed by atoms with van der Waals surface area (Å²) < 4.78 is 5.64. The van der Waals surface area contributed by atoms with Crippen molar-refractivity contribution >= 4 is 0 Å². The fourth-order valence-corrected chi connectivity index (χ4v) is 3.39. The molecule has 0 aromatic rings. The van der Waals surface area contributed by atoms with Crippen molar-refractivity contribution < 1.29 is 4.74 Å². The SMILES string of the molecule is CN1CC23CNCC2(COC3)C1. The zero-order valence-corrected chi connectivity index (χ0v) is 7.60. The van der Waals surface area contributed by atoms with Crippen molar-refractivity contribution in [1.82, 2.24) is 10.2 Å². The Labute approximate surface area is 73.1 Å². The maximum Gasteiger partial charge on any atom is 0.0554 e. The van der Waals surface area contributed by atoms with Gasteiger partial charge in [-0.15, -0.1) is 0 Å². The Kier molecular flexibility index (Phi) is 1.23. The molecule has 2 atom stereocenters. The molecule has 0 amide bonds. The van der Waals surface area contributed by atoms with Crippen LogP contribution in [0.25, 0.3) is 0 Å². The monoisotopic (exact) mass is 168 g/mol. The third kappa shape index (κ3) is 0.640. The number of hydrogen-bond donors (Lipinski definition) is 1. The lowest BCUT2D eigenvalue weighted by Crippen LogP contribution is -2.38. The van der Waals surface area contributed by atoms with E-state index in [4.69, 9.17) is 4.74 Å². The highest BCUT2D eigenvalue weighted by Gasteiger charge is 2.63. The molecular weight excluding hydrogens is 152 g/mol. The molecule has 0 aliphatic carbocycles. The Balaban J connectivity index is 2.02. The van der Waals surface area contributed by atoms with Crippen LogP contribution in [0.3, 0.4) is 0 Å². The van der Waals surface area contributed by atoms with Gasteiger partial charge in [-0.1, -0.05) is 0 Å². The summed E-state index contributed by atoms with van der Waals surface area (Å²) in [6, 6.07) is 0. The first-order valence-corrected chi connectivity index (χ1v) is 4.74. The van der Waals surface area contributed by atoms with Crippen LogP contribution < -0.4 is 5.32 Å². The molecule has 3 aliphatic heterocycles. The summed E-state index contributed by atoms with van der Waals surface area (Å²) in [5.74, 6) is 0. The van der Waals surface area contributed by atoms with Crippen LogP contribution in [-0.2, 0) is 4.74 Å². The second-order valence-electron chi connectivity index (χ2n) is 4.83. The van der Waals surface area contributed by atoms with Gasteiger partial charge in [-0.05, 0) is 7.05 Å². The molecule has 2 unspecified atom stereocenters. The van der Waals surface area contributed by atoms with E-state index in [9.17, 15) is 0 Å². The standard InChI is InChI=1S/C9H16N2O/c1-11-4-8-2-10-3-9(8,5-11)7-12-6-8/h10H,2-7H2,1H3. The molecular formula is C9H16N2O. The second kappa shape index (κ2) is 2.03. The highest BCUT2D eigenvalue weighted by Crippen LogP contribution is 2.52. The van der Waals surface area contributed by atoms with Gasteiger partial charge < -0.3 is 15.0 Å². The zero-order chi connectivity index (χ0) is 8.23. The Morgan fingerprint density at radius 1 is 1.17 bits per heavy atom. The maximum absolute atomic E-state index is 5.64. The van der Waals surface area contributed by atoms with E-state index in [2.05, 4.69) is 17.3 Å². The van der Waals surface area contributed by atoms with Gasteiger partial charge in [-0.25, -0.2) is 0 Å². The van der Waals surface area contributed by atoms with E-state index in [0.717, 1.165) is 26.3 Å². The van der Waals surface area contributed by atoms with Crippen LogP contribution in [0.15, 0.2) is 0 Å².